The van der Waals surface area contributed by atoms with E-state index >= 15 is 0 Å². The Hall–Kier alpha value is -2.60. The molecule has 2 aromatic carbocycles. The van der Waals surface area contributed by atoms with Crippen molar-refractivity contribution in [3.05, 3.63) is 77.0 Å². The highest BCUT2D eigenvalue weighted by molar-refractivity contribution is 9.10. The summed E-state index contributed by atoms with van der Waals surface area (Å²) in [6, 6.07) is 17.3. The van der Waals surface area contributed by atoms with E-state index in [0.29, 0.717) is 12.3 Å². The van der Waals surface area contributed by atoms with Gasteiger partial charge in [-0.25, -0.2) is 4.68 Å². The minimum absolute atomic E-state index is 0.00487. The van der Waals surface area contributed by atoms with Crippen LogP contribution in [0.3, 0.4) is 0 Å². The van der Waals surface area contributed by atoms with Crippen LogP contribution in [0.1, 0.15) is 5.56 Å². The number of hydrogen-bond acceptors (Lipinski definition) is 3. The maximum atomic E-state index is 11.8. The summed E-state index contributed by atoms with van der Waals surface area (Å²) in [7, 11) is 0. The third kappa shape index (κ3) is 5.19. The lowest BCUT2D eigenvalue weighted by Crippen LogP contribution is -2.30. The molecule has 1 N–H and O–H groups in total. The molecule has 3 rings (SSSR count). The SMILES string of the molecule is O=C(COc1ccc(Br)cc1)NCCc1cnn(-c2ccccc2)c1. The first-order chi connectivity index (χ1) is 12.2. The van der Waals surface area contributed by atoms with Gasteiger partial charge in [0.05, 0.1) is 11.9 Å². The number of ether oxygens (including phenoxy) is 1. The van der Waals surface area contributed by atoms with E-state index in [1.54, 1.807) is 0 Å². The number of rotatable bonds is 7. The number of para-hydroxylation sites is 1. The van der Waals surface area contributed by atoms with Crippen LogP contribution in [-0.2, 0) is 11.2 Å². The van der Waals surface area contributed by atoms with Gasteiger partial charge in [0.1, 0.15) is 5.75 Å². The number of nitrogens with zero attached hydrogens (tertiary/aromatic N) is 2. The average molecular weight is 400 g/mol. The molecule has 0 saturated heterocycles. The molecule has 1 aromatic heterocycles. The van der Waals surface area contributed by atoms with Crippen molar-refractivity contribution in [3.8, 4) is 11.4 Å². The number of aromatic nitrogens is 2. The van der Waals surface area contributed by atoms with Crippen LogP contribution in [0.2, 0.25) is 0 Å². The van der Waals surface area contributed by atoms with Crippen LogP contribution in [0.15, 0.2) is 71.5 Å². The first-order valence-electron chi connectivity index (χ1n) is 7.95. The smallest absolute Gasteiger partial charge is 0.257 e. The highest BCUT2D eigenvalue weighted by Gasteiger charge is 2.04. The molecular formula is C19H18BrN3O2. The molecule has 0 radical (unpaired) electrons. The van der Waals surface area contributed by atoms with Gasteiger partial charge in [0.25, 0.3) is 5.91 Å². The molecule has 0 fully saturated rings. The Labute approximate surface area is 154 Å². The quantitative estimate of drug-likeness (QED) is 0.662. The van der Waals surface area contributed by atoms with E-state index in [1.807, 2.05) is 71.7 Å². The third-order valence-corrected chi connectivity index (χ3v) is 4.10. The Morgan fingerprint density at radius 3 is 2.64 bits per heavy atom. The Morgan fingerprint density at radius 1 is 1.12 bits per heavy atom. The lowest BCUT2D eigenvalue weighted by atomic mass is 10.2. The highest BCUT2D eigenvalue weighted by Crippen LogP contribution is 2.15. The number of hydrogen-bond donors (Lipinski definition) is 1. The molecule has 0 saturated carbocycles. The molecule has 128 valence electrons. The molecule has 0 atom stereocenters. The topological polar surface area (TPSA) is 56.1 Å². The van der Waals surface area contributed by atoms with Crippen molar-refractivity contribution in [1.82, 2.24) is 15.1 Å². The van der Waals surface area contributed by atoms with E-state index in [9.17, 15) is 4.79 Å². The van der Waals surface area contributed by atoms with Gasteiger partial charge in [0, 0.05) is 17.2 Å². The zero-order valence-electron chi connectivity index (χ0n) is 13.6. The maximum absolute atomic E-state index is 11.8. The first kappa shape index (κ1) is 17.2. The van der Waals surface area contributed by atoms with Gasteiger partial charge in [-0.2, -0.15) is 5.10 Å². The standard InChI is InChI=1S/C19H18BrN3O2/c20-16-6-8-18(9-7-16)25-14-19(24)21-11-10-15-12-22-23(13-15)17-4-2-1-3-5-17/h1-9,12-13H,10-11,14H2,(H,21,24). The van der Waals surface area contributed by atoms with Crippen molar-refractivity contribution in [1.29, 1.82) is 0 Å². The van der Waals surface area contributed by atoms with E-state index in [2.05, 4.69) is 26.3 Å². The van der Waals surface area contributed by atoms with Crippen molar-refractivity contribution in [2.75, 3.05) is 13.2 Å². The Kier molecular flexibility index (Phi) is 5.85. The summed E-state index contributed by atoms with van der Waals surface area (Å²) in [5, 5.41) is 7.19. The molecule has 0 aliphatic carbocycles. The second-order valence-corrected chi connectivity index (χ2v) is 6.39. The van der Waals surface area contributed by atoms with E-state index in [-0.39, 0.29) is 12.5 Å². The molecule has 1 amide bonds. The number of nitrogens with one attached hydrogen (secondary N) is 1. The lowest BCUT2D eigenvalue weighted by Gasteiger charge is -2.07. The van der Waals surface area contributed by atoms with Crippen molar-refractivity contribution in [3.63, 3.8) is 0 Å². The van der Waals surface area contributed by atoms with Gasteiger partial charge in [-0.05, 0) is 48.4 Å². The molecule has 25 heavy (non-hydrogen) atoms. The van der Waals surface area contributed by atoms with Crippen LogP contribution < -0.4 is 10.1 Å². The van der Waals surface area contributed by atoms with E-state index in [1.165, 1.54) is 0 Å². The third-order valence-electron chi connectivity index (χ3n) is 3.58. The molecule has 0 spiro atoms. The maximum Gasteiger partial charge on any atom is 0.257 e. The Balaban J connectivity index is 1.41. The number of amides is 1. The van der Waals surface area contributed by atoms with Crippen LogP contribution in [0.5, 0.6) is 5.75 Å². The number of benzene rings is 2. The van der Waals surface area contributed by atoms with Gasteiger partial charge >= 0.3 is 0 Å². The Bertz CT molecular complexity index is 816. The fraction of sp³-hybridized carbons (Fsp3) is 0.158. The minimum Gasteiger partial charge on any atom is -0.484 e. The minimum atomic E-state index is -0.140. The van der Waals surface area contributed by atoms with Crippen molar-refractivity contribution in [2.45, 2.75) is 6.42 Å². The zero-order valence-corrected chi connectivity index (χ0v) is 15.1. The van der Waals surface area contributed by atoms with Crippen LogP contribution in [0.4, 0.5) is 0 Å². The highest BCUT2D eigenvalue weighted by atomic mass is 79.9. The van der Waals surface area contributed by atoms with Crippen LogP contribution in [-0.4, -0.2) is 28.8 Å². The van der Waals surface area contributed by atoms with Crippen molar-refractivity contribution in [2.24, 2.45) is 0 Å². The van der Waals surface area contributed by atoms with Gasteiger partial charge in [0.2, 0.25) is 0 Å². The summed E-state index contributed by atoms with van der Waals surface area (Å²) in [6.45, 7) is 0.550. The average Bonchev–Trinajstić information content (AvgIpc) is 3.11. The molecule has 0 unspecified atom stereocenters. The van der Waals surface area contributed by atoms with Gasteiger partial charge in [-0.15, -0.1) is 0 Å². The van der Waals surface area contributed by atoms with Gasteiger partial charge in [-0.3, -0.25) is 4.79 Å². The number of carbonyl (C=O) groups is 1. The first-order valence-corrected chi connectivity index (χ1v) is 8.74. The molecule has 0 bridgehead atoms. The normalized spacial score (nSPS) is 10.4. The molecule has 0 aliphatic heterocycles. The summed E-state index contributed by atoms with van der Waals surface area (Å²) in [5.74, 6) is 0.529. The molecule has 3 aromatic rings. The largest absolute Gasteiger partial charge is 0.484 e. The van der Waals surface area contributed by atoms with E-state index < -0.39 is 0 Å². The van der Waals surface area contributed by atoms with Crippen LogP contribution >= 0.6 is 15.9 Å². The van der Waals surface area contributed by atoms with Gasteiger partial charge in [0.15, 0.2) is 6.61 Å². The van der Waals surface area contributed by atoms with E-state index in [0.717, 1.165) is 22.1 Å². The second-order valence-electron chi connectivity index (χ2n) is 5.47. The molecular weight excluding hydrogens is 382 g/mol. The van der Waals surface area contributed by atoms with E-state index in [4.69, 9.17) is 4.74 Å². The van der Waals surface area contributed by atoms with Crippen LogP contribution in [0, 0.1) is 0 Å². The number of halogens is 1. The molecule has 6 heteroatoms. The van der Waals surface area contributed by atoms with Gasteiger partial charge in [-0.1, -0.05) is 34.1 Å². The number of carbonyl (C=O) groups excluding carboxylic acids is 1. The summed E-state index contributed by atoms with van der Waals surface area (Å²) in [5.41, 5.74) is 2.08. The zero-order chi connectivity index (χ0) is 17.5. The van der Waals surface area contributed by atoms with Crippen LogP contribution in [0.25, 0.3) is 5.69 Å². The summed E-state index contributed by atoms with van der Waals surface area (Å²) >= 11 is 3.36. The molecule has 0 aliphatic rings. The molecule has 5 nitrogen and oxygen atoms in total. The predicted molar refractivity (Wildman–Crippen MR) is 99.9 cm³/mol. The second kappa shape index (κ2) is 8.48. The summed E-state index contributed by atoms with van der Waals surface area (Å²) < 4.78 is 8.24. The monoisotopic (exact) mass is 399 g/mol. The Morgan fingerprint density at radius 2 is 1.88 bits per heavy atom. The summed E-state index contributed by atoms with van der Waals surface area (Å²) in [4.78, 5) is 11.8. The van der Waals surface area contributed by atoms with Crippen molar-refractivity contribution < 1.29 is 9.53 Å². The fourth-order valence-corrected chi connectivity index (χ4v) is 2.55. The lowest BCUT2D eigenvalue weighted by molar-refractivity contribution is -0.123. The van der Waals surface area contributed by atoms with Crippen molar-refractivity contribution >= 4 is 21.8 Å². The fourth-order valence-electron chi connectivity index (χ4n) is 2.29. The summed E-state index contributed by atoms with van der Waals surface area (Å²) in [6.07, 6.45) is 4.51. The van der Waals surface area contributed by atoms with Gasteiger partial charge < -0.3 is 10.1 Å². The molecule has 1 heterocycles. The predicted octanol–water partition coefficient (Wildman–Crippen LogP) is 3.37.